The van der Waals surface area contributed by atoms with E-state index in [0.717, 1.165) is 37.1 Å². The van der Waals surface area contributed by atoms with Crippen LogP contribution in [0.4, 0.5) is 0 Å². The number of likely N-dealkylation sites (tertiary alicyclic amines) is 1. The second-order valence-corrected chi connectivity index (χ2v) is 8.26. The average molecular weight is 397 g/mol. The molecule has 28 heavy (non-hydrogen) atoms. The number of ketones is 1. The first kappa shape index (κ1) is 20.6. The van der Waals surface area contributed by atoms with Crippen molar-refractivity contribution in [2.75, 3.05) is 32.9 Å². The lowest BCUT2D eigenvalue weighted by Gasteiger charge is -2.32. The predicted molar refractivity (Wildman–Crippen MR) is 115 cm³/mol. The largest absolute Gasteiger partial charge is 0.340 e. The van der Waals surface area contributed by atoms with Gasteiger partial charge in [-0.15, -0.1) is 11.8 Å². The van der Waals surface area contributed by atoms with Crippen molar-refractivity contribution < 1.29 is 9.59 Å². The van der Waals surface area contributed by atoms with Crippen LogP contribution in [0.1, 0.15) is 28.8 Å². The molecule has 1 aliphatic heterocycles. The monoisotopic (exact) mass is 396 g/mol. The van der Waals surface area contributed by atoms with Crippen molar-refractivity contribution in [1.82, 2.24) is 9.80 Å². The van der Waals surface area contributed by atoms with E-state index in [-0.39, 0.29) is 17.6 Å². The third-order valence-electron chi connectivity index (χ3n) is 5.38. The molecule has 0 saturated carbocycles. The van der Waals surface area contributed by atoms with E-state index in [4.69, 9.17) is 0 Å². The van der Waals surface area contributed by atoms with Gasteiger partial charge in [0.05, 0.1) is 6.54 Å². The number of piperidine rings is 1. The summed E-state index contributed by atoms with van der Waals surface area (Å²) in [5, 5.41) is 0. The van der Waals surface area contributed by atoms with Gasteiger partial charge in [0, 0.05) is 30.0 Å². The Bertz CT molecular complexity index is 784. The molecule has 2 aromatic carbocycles. The van der Waals surface area contributed by atoms with Gasteiger partial charge in [-0.1, -0.05) is 42.5 Å². The number of rotatable bonds is 7. The smallest absolute Gasteiger partial charge is 0.236 e. The molecule has 0 aromatic heterocycles. The van der Waals surface area contributed by atoms with Crippen LogP contribution in [0.3, 0.4) is 0 Å². The minimum atomic E-state index is 0.0708. The lowest BCUT2D eigenvalue weighted by atomic mass is 9.89. The Balaban J connectivity index is 1.45. The highest BCUT2D eigenvalue weighted by molar-refractivity contribution is 7.98. The normalized spacial score (nSPS) is 15.4. The fraction of sp³-hybridized carbons (Fsp3) is 0.391. The second-order valence-electron chi connectivity index (χ2n) is 7.38. The number of hydrogen-bond donors (Lipinski definition) is 0. The third kappa shape index (κ3) is 5.46. The van der Waals surface area contributed by atoms with Crippen molar-refractivity contribution in [3.8, 4) is 0 Å². The second kappa shape index (κ2) is 9.89. The molecule has 4 nitrogen and oxygen atoms in total. The maximum atomic E-state index is 12.6. The molecule has 1 heterocycles. The molecule has 3 rings (SSSR count). The van der Waals surface area contributed by atoms with E-state index in [9.17, 15) is 9.59 Å². The molecule has 2 aromatic rings. The van der Waals surface area contributed by atoms with Crippen LogP contribution < -0.4 is 0 Å². The highest BCUT2D eigenvalue weighted by atomic mass is 32.2. The highest BCUT2D eigenvalue weighted by Crippen LogP contribution is 2.22. The molecule has 1 saturated heterocycles. The van der Waals surface area contributed by atoms with E-state index in [2.05, 4.69) is 35.4 Å². The summed E-state index contributed by atoms with van der Waals surface area (Å²) in [5.74, 6) is 0.431. The molecule has 0 bridgehead atoms. The summed E-state index contributed by atoms with van der Waals surface area (Å²) in [5.41, 5.74) is 1.94. The van der Waals surface area contributed by atoms with E-state index in [1.54, 1.807) is 16.7 Å². The van der Waals surface area contributed by atoms with Crippen molar-refractivity contribution in [1.29, 1.82) is 0 Å². The number of likely N-dealkylation sites (N-methyl/N-ethyl adjacent to an activating group) is 1. The molecule has 0 unspecified atom stereocenters. The molecule has 148 valence electrons. The van der Waals surface area contributed by atoms with E-state index >= 15 is 0 Å². The van der Waals surface area contributed by atoms with Crippen molar-refractivity contribution >= 4 is 23.5 Å². The first-order valence-corrected chi connectivity index (χ1v) is 11.0. The number of nitrogens with zero attached hydrogens (tertiary/aromatic N) is 2. The molecular weight excluding hydrogens is 368 g/mol. The lowest BCUT2D eigenvalue weighted by Crippen LogP contribution is -2.43. The predicted octanol–water partition coefficient (Wildman–Crippen LogP) is 3.96. The molecule has 0 atom stereocenters. The van der Waals surface area contributed by atoms with Crippen LogP contribution in [-0.4, -0.2) is 54.4 Å². The number of hydrogen-bond acceptors (Lipinski definition) is 4. The summed E-state index contributed by atoms with van der Waals surface area (Å²) < 4.78 is 0. The Morgan fingerprint density at radius 3 is 2.29 bits per heavy atom. The van der Waals surface area contributed by atoms with Gasteiger partial charge < -0.3 is 4.90 Å². The van der Waals surface area contributed by atoms with E-state index in [0.29, 0.717) is 13.1 Å². The molecule has 1 fully saturated rings. The summed E-state index contributed by atoms with van der Waals surface area (Å²) >= 11 is 1.72. The molecule has 1 aliphatic rings. The number of amides is 1. The number of Topliss-reactive ketones (excluding diaryl/α,β-unsaturated/α-hetero) is 1. The van der Waals surface area contributed by atoms with Crippen LogP contribution in [-0.2, 0) is 11.3 Å². The molecule has 0 aliphatic carbocycles. The van der Waals surface area contributed by atoms with Crippen LogP contribution in [0.15, 0.2) is 59.5 Å². The zero-order chi connectivity index (χ0) is 19.9. The van der Waals surface area contributed by atoms with Crippen molar-refractivity contribution in [3.05, 3.63) is 65.7 Å². The van der Waals surface area contributed by atoms with Gasteiger partial charge in [0.2, 0.25) is 5.91 Å². The van der Waals surface area contributed by atoms with Gasteiger partial charge in [0.1, 0.15) is 0 Å². The van der Waals surface area contributed by atoms with Gasteiger partial charge in [-0.05, 0) is 49.9 Å². The molecular formula is C23H28N2O2S. The first-order valence-electron chi connectivity index (χ1n) is 9.75. The molecule has 0 N–H and O–H groups in total. The average Bonchev–Trinajstić information content (AvgIpc) is 2.75. The summed E-state index contributed by atoms with van der Waals surface area (Å²) in [6.45, 7) is 2.64. The van der Waals surface area contributed by atoms with E-state index < -0.39 is 0 Å². The van der Waals surface area contributed by atoms with E-state index in [1.165, 1.54) is 4.90 Å². The lowest BCUT2D eigenvalue weighted by molar-refractivity contribution is -0.131. The quantitative estimate of drug-likeness (QED) is 0.525. The maximum Gasteiger partial charge on any atom is 0.236 e. The van der Waals surface area contributed by atoms with Gasteiger partial charge in [-0.2, -0.15) is 0 Å². The number of carbonyl (C=O) groups excluding carboxylic acids is 2. The molecule has 5 heteroatoms. The zero-order valence-corrected chi connectivity index (χ0v) is 17.5. The van der Waals surface area contributed by atoms with Gasteiger partial charge in [0.25, 0.3) is 0 Å². The molecule has 0 radical (unpaired) electrons. The Kier molecular flexibility index (Phi) is 7.29. The minimum absolute atomic E-state index is 0.0708. The Hall–Kier alpha value is -2.11. The third-order valence-corrected chi connectivity index (χ3v) is 6.12. The first-order chi connectivity index (χ1) is 13.6. The van der Waals surface area contributed by atoms with Gasteiger partial charge in [-0.3, -0.25) is 14.5 Å². The van der Waals surface area contributed by atoms with E-state index in [1.807, 2.05) is 37.4 Å². The van der Waals surface area contributed by atoms with Crippen LogP contribution in [0.2, 0.25) is 0 Å². The Labute approximate surface area is 171 Å². The Morgan fingerprint density at radius 1 is 1.04 bits per heavy atom. The van der Waals surface area contributed by atoms with Crippen LogP contribution >= 0.6 is 11.8 Å². The highest BCUT2D eigenvalue weighted by Gasteiger charge is 2.27. The molecule has 0 spiro atoms. The van der Waals surface area contributed by atoms with Crippen LogP contribution in [0.5, 0.6) is 0 Å². The van der Waals surface area contributed by atoms with Crippen LogP contribution in [0.25, 0.3) is 0 Å². The standard InChI is InChI=1S/C23H28N2O2S/c1-24(16-18-8-10-21(28-2)11-9-18)22(26)17-25-14-12-20(13-15-25)23(27)19-6-4-3-5-7-19/h3-11,20H,12-17H2,1-2H3. The van der Waals surface area contributed by atoms with Crippen molar-refractivity contribution in [2.24, 2.45) is 5.92 Å². The summed E-state index contributed by atoms with van der Waals surface area (Å²) in [6.07, 6.45) is 3.70. The fourth-order valence-corrected chi connectivity index (χ4v) is 4.00. The topological polar surface area (TPSA) is 40.6 Å². The Morgan fingerprint density at radius 2 is 1.68 bits per heavy atom. The number of benzene rings is 2. The van der Waals surface area contributed by atoms with Gasteiger partial charge in [-0.25, -0.2) is 0 Å². The summed E-state index contributed by atoms with van der Waals surface area (Å²) in [4.78, 5) is 30.4. The van der Waals surface area contributed by atoms with Crippen molar-refractivity contribution in [2.45, 2.75) is 24.3 Å². The van der Waals surface area contributed by atoms with Gasteiger partial charge >= 0.3 is 0 Å². The molecule has 1 amide bonds. The van der Waals surface area contributed by atoms with Gasteiger partial charge in [0.15, 0.2) is 5.78 Å². The maximum absolute atomic E-state index is 12.6. The fourth-order valence-electron chi connectivity index (χ4n) is 3.60. The SMILES string of the molecule is CSc1ccc(CN(C)C(=O)CN2CCC(C(=O)c3ccccc3)CC2)cc1. The van der Waals surface area contributed by atoms with Crippen molar-refractivity contribution in [3.63, 3.8) is 0 Å². The zero-order valence-electron chi connectivity index (χ0n) is 16.6. The number of thioether (sulfide) groups is 1. The number of carbonyl (C=O) groups is 2. The minimum Gasteiger partial charge on any atom is -0.340 e. The van der Waals surface area contributed by atoms with Crippen LogP contribution in [0, 0.1) is 5.92 Å². The summed E-state index contributed by atoms with van der Waals surface area (Å²) in [7, 11) is 1.86. The summed E-state index contributed by atoms with van der Waals surface area (Å²) in [6, 6.07) is 17.9.